The summed E-state index contributed by atoms with van der Waals surface area (Å²) in [5, 5.41) is 2.81. The number of nitrogens with one attached hydrogen (secondary N) is 1. The molecule has 0 amide bonds. The molecule has 1 aliphatic rings. The third-order valence-electron chi connectivity index (χ3n) is 6.03. The van der Waals surface area contributed by atoms with Crippen LogP contribution in [0.4, 0.5) is 5.69 Å². The van der Waals surface area contributed by atoms with E-state index >= 15 is 0 Å². The summed E-state index contributed by atoms with van der Waals surface area (Å²) in [6.45, 7) is 3.94. The minimum atomic E-state index is -0.142. The lowest BCUT2D eigenvalue weighted by Gasteiger charge is -2.38. The Kier molecular flexibility index (Phi) is 5.36. The zero-order valence-electron chi connectivity index (χ0n) is 17.1. The lowest BCUT2D eigenvalue weighted by molar-refractivity contribution is -0.115. The Balaban J connectivity index is 1.27. The molecule has 4 aromatic rings. The topological polar surface area (TPSA) is 78.2 Å². The average Bonchev–Trinajstić information content (AvgIpc) is 3.16. The number of nitrogens with two attached hydrogens (primary N) is 1. The summed E-state index contributed by atoms with van der Waals surface area (Å²) in [7, 11) is 0. The molecule has 158 valence electrons. The molecular weight excluding hydrogens is 410 g/mol. The van der Waals surface area contributed by atoms with Crippen LogP contribution in [-0.2, 0) is 17.9 Å². The molecule has 5 rings (SSSR count). The lowest BCUT2D eigenvalue weighted by Crippen LogP contribution is -2.53. The molecule has 1 fully saturated rings. The lowest BCUT2D eigenvalue weighted by atomic mass is 10.1. The van der Waals surface area contributed by atoms with Crippen LogP contribution in [-0.4, -0.2) is 51.7 Å². The summed E-state index contributed by atoms with van der Waals surface area (Å²) in [6.07, 6.45) is 2.79. The molecule has 6 nitrogen and oxygen atoms in total. The summed E-state index contributed by atoms with van der Waals surface area (Å²) < 4.78 is 0. The molecule has 31 heavy (non-hydrogen) atoms. The third-order valence-corrected chi connectivity index (χ3v) is 6.27. The van der Waals surface area contributed by atoms with Crippen molar-refractivity contribution in [1.82, 2.24) is 19.8 Å². The number of pyridine rings is 1. The van der Waals surface area contributed by atoms with Crippen LogP contribution in [0.2, 0.25) is 5.02 Å². The SMILES string of the molecule is Nc1ccnc2cc(CN3CCN(Cc4cc5cc(Cl)ccc5[nH]4)CC3C=O)ccc12. The second-order valence-electron chi connectivity index (χ2n) is 8.19. The van der Waals surface area contributed by atoms with Crippen molar-refractivity contribution in [2.75, 3.05) is 25.4 Å². The summed E-state index contributed by atoms with van der Waals surface area (Å²) in [5.41, 5.74) is 11.0. The summed E-state index contributed by atoms with van der Waals surface area (Å²) >= 11 is 6.10. The Hall–Kier alpha value is -2.93. The molecule has 1 atom stereocenters. The van der Waals surface area contributed by atoms with E-state index in [4.69, 9.17) is 17.3 Å². The average molecular weight is 434 g/mol. The number of carbonyl (C=O) groups is 1. The van der Waals surface area contributed by atoms with Gasteiger partial charge in [0.2, 0.25) is 0 Å². The second-order valence-corrected chi connectivity index (χ2v) is 8.62. The number of anilines is 1. The van der Waals surface area contributed by atoms with Crippen LogP contribution >= 0.6 is 11.6 Å². The largest absolute Gasteiger partial charge is 0.398 e. The number of fused-ring (bicyclic) bond motifs is 2. The highest BCUT2D eigenvalue weighted by atomic mass is 35.5. The maximum absolute atomic E-state index is 11.9. The number of carbonyl (C=O) groups excluding carboxylic acids is 1. The summed E-state index contributed by atoms with van der Waals surface area (Å²) in [6, 6.07) is 15.8. The third kappa shape index (κ3) is 4.14. The minimum absolute atomic E-state index is 0.142. The van der Waals surface area contributed by atoms with E-state index in [2.05, 4.69) is 38.0 Å². The molecule has 0 radical (unpaired) electrons. The quantitative estimate of drug-likeness (QED) is 0.467. The predicted octanol–water partition coefficient (Wildman–Crippen LogP) is 3.84. The number of nitrogen functional groups attached to an aromatic ring is 1. The maximum Gasteiger partial charge on any atom is 0.138 e. The van der Waals surface area contributed by atoms with E-state index in [-0.39, 0.29) is 6.04 Å². The Morgan fingerprint density at radius 2 is 2.03 bits per heavy atom. The van der Waals surface area contributed by atoms with Gasteiger partial charge in [-0.2, -0.15) is 0 Å². The number of hydrogen-bond donors (Lipinski definition) is 2. The van der Waals surface area contributed by atoms with Crippen molar-refractivity contribution in [2.24, 2.45) is 0 Å². The standard InChI is InChI=1S/C24H24ClN5O/c25-18-2-4-23-17(10-18)11-19(28-23)13-29-7-8-30(20(14-29)15-31)12-16-1-3-21-22(26)5-6-27-24(21)9-16/h1-6,9-11,15,20,28H,7-8,12-14H2,(H2,26,27). The van der Waals surface area contributed by atoms with Crippen LogP contribution in [0, 0.1) is 0 Å². The van der Waals surface area contributed by atoms with Gasteiger partial charge in [0, 0.05) is 71.6 Å². The van der Waals surface area contributed by atoms with E-state index in [1.54, 1.807) is 6.20 Å². The number of piperazine rings is 1. The number of hydrogen-bond acceptors (Lipinski definition) is 5. The van der Waals surface area contributed by atoms with Gasteiger partial charge in [-0.3, -0.25) is 14.8 Å². The summed E-state index contributed by atoms with van der Waals surface area (Å²) in [5.74, 6) is 0. The molecule has 2 aromatic carbocycles. The van der Waals surface area contributed by atoms with Crippen LogP contribution in [0.1, 0.15) is 11.3 Å². The van der Waals surface area contributed by atoms with Crippen LogP contribution in [0.15, 0.2) is 54.7 Å². The normalized spacial score (nSPS) is 18.0. The van der Waals surface area contributed by atoms with Crippen LogP contribution in [0.25, 0.3) is 21.8 Å². The number of benzene rings is 2. The molecule has 0 bridgehead atoms. The van der Waals surface area contributed by atoms with E-state index in [0.717, 1.165) is 69.7 Å². The number of halogens is 1. The molecule has 0 saturated carbocycles. The van der Waals surface area contributed by atoms with Crippen molar-refractivity contribution >= 4 is 45.4 Å². The van der Waals surface area contributed by atoms with Gasteiger partial charge in [-0.25, -0.2) is 0 Å². The number of rotatable bonds is 5. The van der Waals surface area contributed by atoms with Gasteiger partial charge in [0.25, 0.3) is 0 Å². The van der Waals surface area contributed by atoms with Gasteiger partial charge >= 0.3 is 0 Å². The van der Waals surface area contributed by atoms with Gasteiger partial charge in [-0.05, 0) is 42.0 Å². The van der Waals surface area contributed by atoms with E-state index in [9.17, 15) is 4.79 Å². The smallest absolute Gasteiger partial charge is 0.138 e. The molecule has 0 spiro atoms. The fourth-order valence-electron chi connectivity index (χ4n) is 4.41. The fraction of sp³-hybridized carbons (Fsp3) is 0.250. The predicted molar refractivity (Wildman–Crippen MR) is 125 cm³/mol. The van der Waals surface area contributed by atoms with Gasteiger partial charge in [0.15, 0.2) is 0 Å². The van der Waals surface area contributed by atoms with E-state index < -0.39 is 0 Å². The molecule has 3 heterocycles. The Morgan fingerprint density at radius 3 is 2.90 bits per heavy atom. The van der Waals surface area contributed by atoms with Crippen molar-refractivity contribution < 1.29 is 4.79 Å². The first-order valence-electron chi connectivity index (χ1n) is 10.4. The van der Waals surface area contributed by atoms with Gasteiger partial charge in [-0.15, -0.1) is 0 Å². The summed E-state index contributed by atoms with van der Waals surface area (Å²) in [4.78, 5) is 24.3. The van der Waals surface area contributed by atoms with Gasteiger partial charge in [0.1, 0.15) is 6.29 Å². The molecule has 1 saturated heterocycles. The first-order valence-corrected chi connectivity index (χ1v) is 10.8. The molecular formula is C24H24ClN5O. The van der Waals surface area contributed by atoms with E-state index in [0.29, 0.717) is 13.1 Å². The Bertz CT molecular complexity index is 1250. The molecule has 1 unspecified atom stereocenters. The first kappa shape index (κ1) is 20.0. The number of H-pyrrole nitrogens is 1. The van der Waals surface area contributed by atoms with Gasteiger partial charge in [0.05, 0.1) is 11.6 Å². The van der Waals surface area contributed by atoms with Crippen molar-refractivity contribution in [3.63, 3.8) is 0 Å². The first-order chi connectivity index (χ1) is 15.1. The minimum Gasteiger partial charge on any atom is -0.398 e. The van der Waals surface area contributed by atoms with E-state index in [1.807, 2.05) is 30.3 Å². The zero-order chi connectivity index (χ0) is 21.4. The van der Waals surface area contributed by atoms with Crippen molar-refractivity contribution in [2.45, 2.75) is 19.1 Å². The number of aromatic amines is 1. The number of aldehydes is 1. The van der Waals surface area contributed by atoms with Crippen molar-refractivity contribution in [3.05, 3.63) is 71.0 Å². The Labute approximate surface area is 185 Å². The molecule has 7 heteroatoms. The van der Waals surface area contributed by atoms with E-state index in [1.165, 1.54) is 0 Å². The van der Waals surface area contributed by atoms with Crippen LogP contribution in [0.3, 0.4) is 0 Å². The zero-order valence-corrected chi connectivity index (χ0v) is 17.8. The molecule has 3 N–H and O–H groups in total. The van der Waals surface area contributed by atoms with Gasteiger partial charge in [-0.1, -0.05) is 23.7 Å². The highest BCUT2D eigenvalue weighted by Crippen LogP contribution is 2.23. The number of aromatic nitrogens is 2. The fourth-order valence-corrected chi connectivity index (χ4v) is 4.59. The van der Waals surface area contributed by atoms with Crippen LogP contribution in [0.5, 0.6) is 0 Å². The highest BCUT2D eigenvalue weighted by molar-refractivity contribution is 6.31. The molecule has 1 aliphatic heterocycles. The molecule has 0 aliphatic carbocycles. The Morgan fingerprint density at radius 1 is 1.13 bits per heavy atom. The van der Waals surface area contributed by atoms with Crippen molar-refractivity contribution in [1.29, 1.82) is 0 Å². The number of nitrogens with zero attached hydrogens (tertiary/aromatic N) is 3. The van der Waals surface area contributed by atoms with Crippen LogP contribution < -0.4 is 5.73 Å². The van der Waals surface area contributed by atoms with Crippen molar-refractivity contribution in [3.8, 4) is 0 Å². The second kappa shape index (κ2) is 8.30. The monoisotopic (exact) mass is 433 g/mol. The van der Waals surface area contributed by atoms with Gasteiger partial charge < -0.3 is 15.5 Å². The highest BCUT2D eigenvalue weighted by Gasteiger charge is 2.27. The maximum atomic E-state index is 11.9. The molecule has 2 aromatic heterocycles.